The summed E-state index contributed by atoms with van der Waals surface area (Å²) in [6.45, 7) is 11.4. The fourth-order valence-corrected chi connectivity index (χ4v) is 3.45. The van der Waals surface area contributed by atoms with Crippen LogP contribution in [0.2, 0.25) is 0 Å². The molecule has 0 amide bonds. The van der Waals surface area contributed by atoms with Gasteiger partial charge in [-0.2, -0.15) is 0 Å². The Labute approximate surface area is 101 Å². The van der Waals surface area contributed by atoms with E-state index in [2.05, 4.69) is 47.0 Å². The Kier molecular flexibility index (Phi) is 5.26. The molecule has 1 aliphatic heterocycles. The Hall–Kier alpha value is -0.0800. The van der Waals surface area contributed by atoms with Gasteiger partial charge in [0, 0.05) is 12.0 Å². The van der Waals surface area contributed by atoms with E-state index < -0.39 is 0 Å². The van der Waals surface area contributed by atoms with E-state index >= 15 is 0 Å². The molecule has 0 radical (unpaired) electrons. The third-order valence-corrected chi connectivity index (χ3v) is 4.62. The van der Waals surface area contributed by atoms with Crippen molar-refractivity contribution < 1.29 is 4.74 Å². The normalized spacial score (nSPS) is 36.9. The predicted octanol–water partition coefficient (Wildman–Crippen LogP) is 3.07. The average Bonchev–Trinajstić information content (AvgIpc) is 2.51. The molecule has 1 aliphatic rings. The fourth-order valence-electron chi connectivity index (χ4n) is 3.45. The van der Waals surface area contributed by atoms with Gasteiger partial charge >= 0.3 is 0 Å². The van der Waals surface area contributed by atoms with E-state index in [0.29, 0.717) is 30.1 Å². The lowest BCUT2D eigenvalue weighted by atomic mass is 9.76. The van der Waals surface area contributed by atoms with Crippen molar-refractivity contribution in [1.82, 2.24) is 5.32 Å². The summed E-state index contributed by atoms with van der Waals surface area (Å²) in [6, 6.07) is 0.602. The zero-order valence-electron chi connectivity index (χ0n) is 11.8. The summed E-state index contributed by atoms with van der Waals surface area (Å²) in [5.74, 6) is 2.09. The van der Waals surface area contributed by atoms with Crippen LogP contribution in [0.3, 0.4) is 0 Å². The van der Waals surface area contributed by atoms with Gasteiger partial charge in [-0.15, -0.1) is 0 Å². The van der Waals surface area contributed by atoms with Crippen LogP contribution < -0.4 is 5.32 Å². The highest BCUT2D eigenvalue weighted by Gasteiger charge is 2.42. The molecule has 0 aliphatic carbocycles. The summed E-state index contributed by atoms with van der Waals surface area (Å²) < 4.78 is 5.97. The van der Waals surface area contributed by atoms with Gasteiger partial charge in [-0.1, -0.05) is 33.6 Å². The van der Waals surface area contributed by atoms with E-state index in [9.17, 15) is 0 Å². The van der Waals surface area contributed by atoms with Crippen LogP contribution in [-0.2, 0) is 4.74 Å². The molecule has 0 bridgehead atoms. The standard InChI is InChI=1S/C14H29NO/c1-7-12(8-2)14(15-6)13-9(3)10(4)16-11(13)5/h9-15H,7-8H2,1-6H3. The van der Waals surface area contributed by atoms with Crippen LogP contribution >= 0.6 is 0 Å². The molecule has 1 rings (SSSR count). The van der Waals surface area contributed by atoms with Crippen molar-refractivity contribution in [3.63, 3.8) is 0 Å². The molecule has 0 aromatic heterocycles. The van der Waals surface area contributed by atoms with Crippen LogP contribution in [0, 0.1) is 17.8 Å². The third kappa shape index (κ3) is 2.60. The number of hydrogen-bond acceptors (Lipinski definition) is 2. The second-order valence-corrected chi connectivity index (χ2v) is 5.37. The van der Waals surface area contributed by atoms with Crippen molar-refractivity contribution in [2.75, 3.05) is 7.05 Å². The van der Waals surface area contributed by atoms with Crippen molar-refractivity contribution in [2.45, 2.75) is 65.7 Å². The molecule has 1 saturated heterocycles. The largest absolute Gasteiger partial charge is 0.375 e. The molecule has 5 atom stereocenters. The van der Waals surface area contributed by atoms with Gasteiger partial charge in [0.25, 0.3) is 0 Å². The Bertz CT molecular complexity index is 203. The van der Waals surface area contributed by atoms with Gasteiger partial charge < -0.3 is 10.1 Å². The Morgan fingerprint density at radius 2 is 1.62 bits per heavy atom. The van der Waals surface area contributed by atoms with Crippen LogP contribution in [0.15, 0.2) is 0 Å². The van der Waals surface area contributed by atoms with Gasteiger partial charge in [0.1, 0.15) is 0 Å². The lowest BCUT2D eigenvalue weighted by molar-refractivity contribution is 0.0445. The second kappa shape index (κ2) is 6.02. The van der Waals surface area contributed by atoms with Gasteiger partial charge in [-0.3, -0.25) is 0 Å². The van der Waals surface area contributed by atoms with Gasteiger partial charge in [-0.25, -0.2) is 0 Å². The molecule has 0 spiro atoms. The summed E-state index contributed by atoms with van der Waals surface area (Å²) in [7, 11) is 2.10. The molecule has 5 unspecified atom stereocenters. The zero-order chi connectivity index (χ0) is 12.3. The molecule has 0 saturated carbocycles. The van der Waals surface area contributed by atoms with E-state index in [4.69, 9.17) is 4.74 Å². The summed E-state index contributed by atoms with van der Waals surface area (Å²) in [6.07, 6.45) is 3.31. The van der Waals surface area contributed by atoms with E-state index in [-0.39, 0.29) is 0 Å². The maximum atomic E-state index is 5.97. The van der Waals surface area contributed by atoms with E-state index in [1.165, 1.54) is 12.8 Å². The summed E-state index contributed by atoms with van der Waals surface area (Å²) in [4.78, 5) is 0. The zero-order valence-corrected chi connectivity index (χ0v) is 11.8. The second-order valence-electron chi connectivity index (χ2n) is 5.37. The highest BCUT2D eigenvalue weighted by atomic mass is 16.5. The third-order valence-electron chi connectivity index (χ3n) is 4.62. The van der Waals surface area contributed by atoms with E-state index in [1.54, 1.807) is 0 Å². The van der Waals surface area contributed by atoms with Crippen molar-refractivity contribution >= 4 is 0 Å². The lowest BCUT2D eigenvalue weighted by Gasteiger charge is -2.34. The van der Waals surface area contributed by atoms with Crippen LogP contribution in [0.5, 0.6) is 0 Å². The first-order valence-corrected chi connectivity index (χ1v) is 6.89. The number of hydrogen-bond donors (Lipinski definition) is 1. The molecule has 96 valence electrons. The molecular formula is C14H29NO. The molecule has 2 nitrogen and oxygen atoms in total. The van der Waals surface area contributed by atoms with Crippen LogP contribution in [-0.4, -0.2) is 25.3 Å². The minimum atomic E-state index is 0.392. The first kappa shape index (κ1) is 14.0. The first-order valence-electron chi connectivity index (χ1n) is 6.89. The van der Waals surface area contributed by atoms with Gasteiger partial charge in [0.15, 0.2) is 0 Å². The van der Waals surface area contributed by atoms with E-state index in [0.717, 1.165) is 5.92 Å². The Morgan fingerprint density at radius 3 is 1.94 bits per heavy atom. The van der Waals surface area contributed by atoms with Crippen molar-refractivity contribution in [1.29, 1.82) is 0 Å². The molecule has 2 heteroatoms. The first-order chi connectivity index (χ1) is 7.56. The fraction of sp³-hybridized carbons (Fsp3) is 1.00. The highest BCUT2D eigenvalue weighted by Crippen LogP contribution is 2.37. The Balaban J connectivity index is 2.78. The predicted molar refractivity (Wildman–Crippen MR) is 69.6 cm³/mol. The van der Waals surface area contributed by atoms with Crippen LogP contribution in [0.25, 0.3) is 0 Å². The maximum Gasteiger partial charge on any atom is 0.0597 e. The minimum absolute atomic E-state index is 0.392. The van der Waals surface area contributed by atoms with Crippen LogP contribution in [0.4, 0.5) is 0 Å². The van der Waals surface area contributed by atoms with Crippen molar-refractivity contribution in [2.24, 2.45) is 17.8 Å². The van der Waals surface area contributed by atoms with Gasteiger partial charge in [-0.05, 0) is 32.7 Å². The average molecular weight is 227 g/mol. The lowest BCUT2D eigenvalue weighted by Crippen LogP contribution is -2.45. The topological polar surface area (TPSA) is 21.3 Å². The monoisotopic (exact) mass is 227 g/mol. The highest BCUT2D eigenvalue weighted by molar-refractivity contribution is 4.93. The minimum Gasteiger partial charge on any atom is -0.375 e. The van der Waals surface area contributed by atoms with Crippen LogP contribution in [0.1, 0.15) is 47.5 Å². The van der Waals surface area contributed by atoms with E-state index in [1.807, 2.05) is 0 Å². The number of ether oxygens (including phenoxy) is 1. The molecule has 1 N–H and O–H groups in total. The molecular weight excluding hydrogens is 198 g/mol. The van der Waals surface area contributed by atoms with Crippen molar-refractivity contribution in [3.05, 3.63) is 0 Å². The van der Waals surface area contributed by atoms with Gasteiger partial charge in [0.05, 0.1) is 12.2 Å². The molecule has 0 aromatic carbocycles. The molecule has 0 aromatic rings. The molecule has 1 heterocycles. The number of nitrogens with one attached hydrogen (secondary N) is 1. The summed E-state index contributed by atoms with van der Waals surface area (Å²) >= 11 is 0. The summed E-state index contributed by atoms with van der Waals surface area (Å²) in [5.41, 5.74) is 0. The number of rotatable bonds is 5. The summed E-state index contributed by atoms with van der Waals surface area (Å²) in [5, 5.41) is 3.55. The molecule has 1 fully saturated rings. The molecule has 16 heavy (non-hydrogen) atoms. The van der Waals surface area contributed by atoms with Crippen molar-refractivity contribution in [3.8, 4) is 0 Å². The Morgan fingerprint density at radius 1 is 1.06 bits per heavy atom. The maximum absolute atomic E-state index is 5.97. The van der Waals surface area contributed by atoms with Gasteiger partial charge in [0.2, 0.25) is 0 Å². The quantitative estimate of drug-likeness (QED) is 0.779. The smallest absolute Gasteiger partial charge is 0.0597 e. The SMILES string of the molecule is CCC(CC)C(NC)C1C(C)OC(C)C1C.